The van der Waals surface area contributed by atoms with Crippen molar-refractivity contribution < 1.29 is 17.7 Å². The topological polar surface area (TPSA) is 115 Å². The number of halogens is 1. The zero-order chi connectivity index (χ0) is 22.6. The van der Waals surface area contributed by atoms with Crippen LogP contribution in [0.25, 0.3) is 11.4 Å². The molecule has 9 nitrogen and oxygen atoms in total. The molecule has 3 aromatic rings. The van der Waals surface area contributed by atoms with E-state index in [0.717, 1.165) is 38.3 Å². The molecule has 0 amide bonds. The van der Waals surface area contributed by atoms with Crippen LogP contribution in [-0.2, 0) is 16.6 Å². The summed E-state index contributed by atoms with van der Waals surface area (Å²) in [6.07, 6.45) is 0. The lowest BCUT2D eigenvalue weighted by atomic mass is 10.2. The Balaban J connectivity index is 1.19. The minimum absolute atomic E-state index is 0.0718. The van der Waals surface area contributed by atoms with Gasteiger partial charge in [-0.2, -0.15) is 4.98 Å². The fourth-order valence-electron chi connectivity index (χ4n) is 3.42. The van der Waals surface area contributed by atoms with Gasteiger partial charge in [0, 0.05) is 43.3 Å². The highest BCUT2D eigenvalue weighted by atomic mass is 35.5. The molecule has 2 N–H and O–H groups in total. The quantitative estimate of drug-likeness (QED) is 0.525. The first-order chi connectivity index (χ1) is 15.4. The minimum atomic E-state index is -3.69. The maximum Gasteiger partial charge on any atom is 0.241 e. The molecule has 4 rings (SSSR count). The predicted octanol–water partition coefficient (Wildman–Crippen LogP) is 2.23. The summed E-state index contributed by atoms with van der Waals surface area (Å²) >= 11 is 5.92. The Morgan fingerprint density at radius 1 is 1.00 bits per heavy atom. The standard InChI is InChI=1S/C21H24ClN5O4S/c22-17-3-1-16(2-4-17)21-24-20(31-25-21)15-27-11-9-26(10-12-27)13-14-30-18-5-7-19(8-6-18)32(23,28)29/h1-8H,9-15H2,(H2,23,28,29). The summed E-state index contributed by atoms with van der Waals surface area (Å²) in [5.41, 5.74) is 0.869. The van der Waals surface area contributed by atoms with Crippen molar-refractivity contribution in [1.29, 1.82) is 0 Å². The van der Waals surface area contributed by atoms with E-state index >= 15 is 0 Å². The molecule has 1 aliphatic rings. The zero-order valence-electron chi connectivity index (χ0n) is 17.4. The lowest BCUT2D eigenvalue weighted by Gasteiger charge is -2.33. The molecule has 2 heterocycles. The van der Waals surface area contributed by atoms with Crippen LogP contribution in [0.15, 0.2) is 57.9 Å². The van der Waals surface area contributed by atoms with Crippen LogP contribution in [0.1, 0.15) is 5.89 Å². The van der Waals surface area contributed by atoms with Gasteiger partial charge in [0.25, 0.3) is 0 Å². The average Bonchev–Trinajstić information content (AvgIpc) is 3.24. The van der Waals surface area contributed by atoms with Crippen LogP contribution < -0.4 is 9.88 Å². The molecule has 32 heavy (non-hydrogen) atoms. The van der Waals surface area contributed by atoms with Crippen molar-refractivity contribution in [3.05, 3.63) is 59.4 Å². The first-order valence-corrected chi connectivity index (χ1v) is 12.1. The van der Waals surface area contributed by atoms with Gasteiger partial charge in [0.2, 0.25) is 21.7 Å². The molecule has 11 heteroatoms. The monoisotopic (exact) mass is 477 g/mol. The number of primary sulfonamides is 1. The van der Waals surface area contributed by atoms with Gasteiger partial charge in [0.1, 0.15) is 12.4 Å². The smallest absolute Gasteiger partial charge is 0.241 e. The van der Waals surface area contributed by atoms with Crippen molar-refractivity contribution in [3.8, 4) is 17.1 Å². The third-order valence-electron chi connectivity index (χ3n) is 5.22. The SMILES string of the molecule is NS(=O)(=O)c1ccc(OCCN2CCN(Cc3nc(-c4ccc(Cl)cc4)no3)CC2)cc1. The highest BCUT2D eigenvalue weighted by molar-refractivity contribution is 7.89. The summed E-state index contributed by atoms with van der Waals surface area (Å²) < 4.78 is 33.7. The van der Waals surface area contributed by atoms with Gasteiger partial charge in [-0.3, -0.25) is 9.80 Å². The van der Waals surface area contributed by atoms with Crippen molar-refractivity contribution in [2.45, 2.75) is 11.4 Å². The maximum atomic E-state index is 11.3. The van der Waals surface area contributed by atoms with Crippen LogP contribution in [0.5, 0.6) is 5.75 Å². The second-order valence-corrected chi connectivity index (χ2v) is 9.50. The molecule has 0 radical (unpaired) electrons. The van der Waals surface area contributed by atoms with Crippen molar-refractivity contribution >= 4 is 21.6 Å². The van der Waals surface area contributed by atoms with Gasteiger partial charge in [-0.1, -0.05) is 16.8 Å². The summed E-state index contributed by atoms with van der Waals surface area (Å²) in [4.78, 5) is 9.16. The molecule has 0 aliphatic carbocycles. The molecule has 1 saturated heterocycles. The number of hydrogen-bond donors (Lipinski definition) is 1. The molecule has 1 fully saturated rings. The van der Waals surface area contributed by atoms with E-state index in [2.05, 4.69) is 19.9 Å². The van der Waals surface area contributed by atoms with E-state index in [1.165, 1.54) is 12.1 Å². The lowest BCUT2D eigenvalue weighted by Crippen LogP contribution is -2.47. The Labute approximate surface area is 191 Å². The average molecular weight is 478 g/mol. The zero-order valence-corrected chi connectivity index (χ0v) is 18.9. The van der Waals surface area contributed by atoms with Crippen LogP contribution in [0.3, 0.4) is 0 Å². The highest BCUT2D eigenvalue weighted by Crippen LogP contribution is 2.19. The number of rotatable bonds is 8. The lowest BCUT2D eigenvalue weighted by molar-refractivity contribution is 0.104. The first-order valence-electron chi connectivity index (χ1n) is 10.2. The van der Waals surface area contributed by atoms with Gasteiger partial charge in [0.15, 0.2) is 0 Å². The van der Waals surface area contributed by atoms with Gasteiger partial charge in [0.05, 0.1) is 11.4 Å². The Bertz CT molecular complexity index is 1130. The third kappa shape index (κ3) is 6.05. The number of nitrogens with zero attached hydrogens (tertiary/aromatic N) is 4. The van der Waals surface area contributed by atoms with E-state index in [9.17, 15) is 8.42 Å². The summed E-state index contributed by atoms with van der Waals surface area (Å²) in [5, 5.41) is 9.83. The third-order valence-corrected chi connectivity index (χ3v) is 6.40. The van der Waals surface area contributed by atoms with Crippen molar-refractivity contribution in [3.63, 3.8) is 0 Å². The molecule has 0 bridgehead atoms. The molecule has 1 aromatic heterocycles. The number of aromatic nitrogens is 2. The number of nitrogens with two attached hydrogens (primary N) is 1. The van der Waals surface area contributed by atoms with Gasteiger partial charge >= 0.3 is 0 Å². The molecular weight excluding hydrogens is 454 g/mol. The summed E-state index contributed by atoms with van der Waals surface area (Å²) in [6, 6.07) is 13.4. The van der Waals surface area contributed by atoms with E-state index in [-0.39, 0.29) is 4.90 Å². The number of hydrogen-bond acceptors (Lipinski definition) is 8. The van der Waals surface area contributed by atoms with Crippen molar-refractivity contribution in [1.82, 2.24) is 19.9 Å². The Morgan fingerprint density at radius 2 is 1.66 bits per heavy atom. The highest BCUT2D eigenvalue weighted by Gasteiger charge is 2.19. The molecule has 0 atom stereocenters. The minimum Gasteiger partial charge on any atom is -0.492 e. The Hall–Kier alpha value is -2.50. The maximum absolute atomic E-state index is 11.3. The van der Waals surface area contributed by atoms with E-state index in [1.54, 1.807) is 24.3 Å². The van der Waals surface area contributed by atoms with Gasteiger partial charge in [-0.05, 0) is 48.5 Å². The molecule has 1 aliphatic heterocycles. The second kappa shape index (κ2) is 9.97. The fourth-order valence-corrected chi connectivity index (χ4v) is 4.06. The Morgan fingerprint density at radius 3 is 2.31 bits per heavy atom. The number of ether oxygens (including phenoxy) is 1. The van der Waals surface area contributed by atoms with Crippen LogP contribution in [0, 0.1) is 0 Å². The van der Waals surface area contributed by atoms with Crippen LogP contribution in [-0.4, -0.2) is 67.7 Å². The van der Waals surface area contributed by atoms with Crippen LogP contribution in [0.4, 0.5) is 0 Å². The fraction of sp³-hybridized carbons (Fsp3) is 0.333. The number of benzene rings is 2. The van der Waals surface area contributed by atoms with E-state index in [1.807, 2.05) is 12.1 Å². The molecule has 170 valence electrons. The largest absolute Gasteiger partial charge is 0.492 e. The van der Waals surface area contributed by atoms with E-state index in [4.69, 9.17) is 26.0 Å². The number of sulfonamides is 1. The van der Waals surface area contributed by atoms with Crippen LogP contribution >= 0.6 is 11.6 Å². The van der Waals surface area contributed by atoms with Crippen LogP contribution in [0.2, 0.25) is 5.02 Å². The van der Waals surface area contributed by atoms with Crippen molar-refractivity contribution in [2.75, 3.05) is 39.3 Å². The molecule has 2 aromatic carbocycles. The molecule has 0 spiro atoms. The first kappa shape index (κ1) is 22.7. The van der Waals surface area contributed by atoms with Gasteiger partial charge in [-0.15, -0.1) is 0 Å². The number of piperazine rings is 1. The normalized spacial score (nSPS) is 15.7. The summed E-state index contributed by atoms with van der Waals surface area (Å²) in [7, 11) is -3.69. The molecular formula is C21H24ClN5O4S. The predicted molar refractivity (Wildman–Crippen MR) is 120 cm³/mol. The summed E-state index contributed by atoms with van der Waals surface area (Å²) in [6.45, 7) is 5.51. The van der Waals surface area contributed by atoms with E-state index in [0.29, 0.717) is 35.6 Å². The van der Waals surface area contributed by atoms with Gasteiger partial charge < -0.3 is 9.26 Å². The summed E-state index contributed by atoms with van der Waals surface area (Å²) in [5.74, 6) is 1.77. The van der Waals surface area contributed by atoms with Crippen molar-refractivity contribution in [2.24, 2.45) is 5.14 Å². The van der Waals surface area contributed by atoms with E-state index < -0.39 is 10.0 Å². The van der Waals surface area contributed by atoms with Gasteiger partial charge in [-0.25, -0.2) is 13.6 Å². The molecule has 0 unspecified atom stereocenters. The second-order valence-electron chi connectivity index (χ2n) is 7.50. The Kier molecular flexibility index (Phi) is 7.07. The molecule has 0 saturated carbocycles.